The third kappa shape index (κ3) is 0.944. The summed E-state index contributed by atoms with van der Waals surface area (Å²) in [6.45, 7) is 6.15. The van der Waals surface area contributed by atoms with Gasteiger partial charge in [-0.05, 0) is 19.8 Å². The maximum absolute atomic E-state index is 10.2. The average molecular weight is 170 g/mol. The Morgan fingerprint density at radius 2 is 1.58 bits per heavy atom. The number of aliphatic hydroxyl groups is 1. The maximum atomic E-state index is 10.2. The van der Waals surface area contributed by atoms with E-state index in [1.54, 1.807) is 0 Å². The fourth-order valence-electron chi connectivity index (χ4n) is 2.59. The lowest BCUT2D eigenvalue weighted by Crippen LogP contribution is -2.52. The summed E-state index contributed by atoms with van der Waals surface area (Å²) in [6, 6.07) is 0. The van der Waals surface area contributed by atoms with Gasteiger partial charge in [-0.25, -0.2) is 0 Å². The van der Waals surface area contributed by atoms with Crippen LogP contribution in [0, 0.1) is 11.8 Å². The SMILES string of the molecule is C[C@@H]1[C@@H]2CC[C@@H](O2)[C@H](C)[C@]1(C)O. The van der Waals surface area contributed by atoms with Crippen LogP contribution in [0.5, 0.6) is 0 Å². The molecule has 0 radical (unpaired) electrons. The lowest BCUT2D eigenvalue weighted by atomic mass is 9.75. The van der Waals surface area contributed by atoms with Gasteiger partial charge in [-0.1, -0.05) is 13.8 Å². The first-order valence-corrected chi connectivity index (χ1v) is 4.91. The van der Waals surface area contributed by atoms with Gasteiger partial charge in [0.25, 0.3) is 0 Å². The second-order valence-electron chi connectivity index (χ2n) is 4.59. The van der Waals surface area contributed by atoms with Gasteiger partial charge in [0.05, 0.1) is 17.8 Å². The molecule has 0 aliphatic carbocycles. The monoisotopic (exact) mass is 170 g/mol. The van der Waals surface area contributed by atoms with E-state index in [0.29, 0.717) is 12.2 Å². The third-order valence-electron chi connectivity index (χ3n) is 4.04. The van der Waals surface area contributed by atoms with Crippen molar-refractivity contribution in [3.8, 4) is 0 Å². The molecule has 0 unspecified atom stereocenters. The highest BCUT2D eigenvalue weighted by Gasteiger charge is 2.51. The molecule has 2 bridgehead atoms. The first-order valence-electron chi connectivity index (χ1n) is 4.91. The zero-order valence-electron chi connectivity index (χ0n) is 8.08. The van der Waals surface area contributed by atoms with Crippen LogP contribution in [0.2, 0.25) is 0 Å². The molecule has 2 aliphatic rings. The smallest absolute Gasteiger partial charge is 0.0719 e. The molecule has 2 rings (SSSR count). The van der Waals surface area contributed by atoms with Crippen LogP contribution < -0.4 is 0 Å². The Morgan fingerprint density at radius 1 is 1.17 bits per heavy atom. The summed E-state index contributed by atoms with van der Waals surface area (Å²) in [7, 11) is 0. The van der Waals surface area contributed by atoms with Gasteiger partial charge in [0, 0.05) is 11.8 Å². The standard InChI is InChI=1S/C10H18O2/c1-6-8-4-5-9(12-8)7(2)10(6,3)11/h6-9,11H,4-5H2,1-3H3/t6-,7+,8+,9-,10-. The van der Waals surface area contributed by atoms with Crippen molar-refractivity contribution in [3.05, 3.63) is 0 Å². The minimum atomic E-state index is -0.524. The van der Waals surface area contributed by atoms with Crippen molar-refractivity contribution in [2.45, 2.75) is 51.4 Å². The number of hydrogen-bond donors (Lipinski definition) is 1. The Kier molecular flexibility index (Phi) is 1.74. The van der Waals surface area contributed by atoms with Crippen molar-refractivity contribution in [2.75, 3.05) is 0 Å². The van der Waals surface area contributed by atoms with E-state index in [0.717, 1.165) is 12.8 Å². The first-order chi connectivity index (χ1) is 5.53. The first kappa shape index (κ1) is 8.52. The lowest BCUT2D eigenvalue weighted by molar-refractivity contribution is -0.179. The largest absolute Gasteiger partial charge is 0.389 e. The Morgan fingerprint density at radius 3 is 2.00 bits per heavy atom. The predicted molar refractivity (Wildman–Crippen MR) is 46.8 cm³/mol. The van der Waals surface area contributed by atoms with Gasteiger partial charge in [-0.3, -0.25) is 0 Å². The van der Waals surface area contributed by atoms with Crippen molar-refractivity contribution >= 4 is 0 Å². The highest BCUT2D eigenvalue weighted by atomic mass is 16.5. The van der Waals surface area contributed by atoms with Crippen LogP contribution in [0.4, 0.5) is 0 Å². The fraction of sp³-hybridized carbons (Fsp3) is 1.00. The normalized spacial score (nSPS) is 59.0. The fourth-order valence-corrected chi connectivity index (χ4v) is 2.59. The second kappa shape index (κ2) is 2.46. The summed E-state index contributed by atoms with van der Waals surface area (Å²) in [4.78, 5) is 0. The number of ether oxygens (including phenoxy) is 1. The molecule has 0 amide bonds. The van der Waals surface area contributed by atoms with Crippen molar-refractivity contribution in [1.82, 2.24) is 0 Å². The summed E-state index contributed by atoms with van der Waals surface area (Å²) < 4.78 is 5.80. The molecule has 70 valence electrons. The van der Waals surface area contributed by atoms with E-state index >= 15 is 0 Å². The number of fused-ring (bicyclic) bond motifs is 2. The molecular formula is C10H18O2. The van der Waals surface area contributed by atoms with E-state index in [2.05, 4.69) is 13.8 Å². The summed E-state index contributed by atoms with van der Waals surface area (Å²) >= 11 is 0. The molecule has 0 saturated carbocycles. The van der Waals surface area contributed by atoms with Crippen LogP contribution in [0.3, 0.4) is 0 Å². The van der Waals surface area contributed by atoms with Gasteiger partial charge >= 0.3 is 0 Å². The molecule has 1 N–H and O–H groups in total. The van der Waals surface area contributed by atoms with Gasteiger partial charge in [-0.15, -0.1) is 0 Å². The molecule has 0 aromatic carbocycles. The van der Waals surface area contributed by atoms with E-state index in [4.69, 9.17) is 4.74 Å². The van der Waals surface area contributed by atoms with Gasteiger partial charge < -0.3 is 9.84 Å². The van der Waals surface area contributed by atoms with Crippen LogP contribution >= 0.6 is 0 Å². The molecule has 5 atom stereocenters. The van der Waals surface area contributed by atoms with Crippen molar-refractivity contribution in [2.24, 2.45) is 11.8 Å². The quantitative estimate of drug-likeness (QED) is 0.598. The Bertz CT molecular complexity index is 170. The van der Waals surface area contributed by atoms with Crippen LogP contribution in [0.25, 0.3) is 0 Å². The van der Waals surface area contributed by atoms with E-state index in [1.807, 2.05) is 6.92 Å². The van der Waals surface area contributed by atoms with Crippen LogP contribution in [0.15, 0.2) is 0 Å². The second-order valence-corrected chi connectivity index (χ2v) is 4.59. The minimum Gasteiger partial charge on any atom is -0.389 e. The van der Waals surface area contributed by atoms with Crippen LogP contribution in [-0.4, -0.2) is 22.9 Å². The maximum Gasteiger partial charge on any atom is 0.0719 e. The molecule has 2 heterocycles. The molecule has 2 nitrogen and oxygen atoms in total. The van der Waals surface area contributed by atoms with Crippen molar-refractivity contribution in [3.63, 3.8) is 0 Å². The lowest BCUT2D eigenvalue weighted by Gasteiger charge is -2.44. The topological polar surface area (TPSA) is 29.5 Å². The zero-order valence-corrected chi connectivity index (χ0v) is 8.08. The highest BCUT2D eigenvalue weighted by Crippen LogP contribution is 2.45. The highest BCUT2D eigenvalue weighted by molar-refractivity contribution is 5.00. The average Bonchev–Trinajstić information content (AvgIpc) is 2.45. The predicted octanol–water partition coefficient (Wildman–Crippen LogP) is 1.57. The minimum absolute atomic E-state index is 0.284. The molecule has 2 heteroatoms. The Hall–Kier alpha value is -0.0800. The summed E-state index contributed by atoms with van der Waals surface area (Å²) in [5.74, 6) is 0.567. The number of hydrogen-bond acceptors (Lipinski definition) is 2. The van der Waals surface area contributed by atoms with Crippen LogP contribution in [0.1, 0.15) is 33.6 Å². The third-order valence-corrected chi connectivity index (χ3v) is 4.04. The zero-order chi connectivity index (χ0) is 8.93. The van der Waals surface area contributed by atoms with Gasteiger partial charge in [0.1, 0.15) is 0 Å². The molecule has 2 saturated heterocycles. The Balaban J connectivity index is 2.27. The number of rotatable bonds is 0. The Labute approximate surface area is 73.9 Å². The van der Waals surface area contributed by atoms with Gasteiger partial charge in [0.15, 0.2) is 0 Å². The van der Waals surface area contributed by atoms with Crippen molar-refractivity contribution in [1.29, 1.82) is 0 Å². The van der Waals surface area contributed by atoms with E-state index in [-0.39, 0.29) is 11.8 Å². The van der Waals surface area contributed by atoms with Gasteiger partial charge in [0.2, 0.25) is 0 Å². The van der Waals surface area contributed by atoms with Crippen molar-refractivity contribution < 1.29 is 9.84 Å². The van der Waals surface area contributed by atoms with Gasteiger partial charge in [-0.2, -0.15) is 0 Å². The summed E-state index contributed by atoms with van der Waals surface area (Å²) in [5.41, 5.74) is -0.524. The van der Waals surface area contributed by atoms with Crippen LogP contribution in [-0.2, 0) is 4.74 Å². The molecule has 0 aromatic heterocycles. The molecule has 2 aliphatic heterocycles. The van der Waals surface area contributed by atoms with E-state index < -0.39 is 5.60 Å². The molecule has 2 fully saturated rings. The molecule has 12 heavy (non-hydrogen) atoms. The summed E-state index contributed by atoms with van der Waals surface area (Å²) in [6.07, 6.45) is 2.88. The molecule has 0 spiro atoms. The summed E-state index contributed by atoms with van der Waals surface area (Å²) in [5, 5.41) is 10.2. The van der Waals surface area contributed by atoms with E-state index in [1.165, 1.54) is 0 Å². The molecular weight excluding hydrogens is 152 g/mol. The van der Waals surface area contributed by atoms with E-state index in [9.17, 15) is 5.11 Å². The molecule has 0 aromatic rings.